The Hall–Kier alpha value is -1.35. The lowest BCUT2D eigenvalue weighted by molar-refractivity contribution is -0.120. The molecule has 1 aliphatic carbocycles. The number of benzene rings is 1. The van der Waals surface area contributed by atoms with Gasteiger partial charge in [-0.15, -0.1) is 0 Å². The van der Waals surface area contributed by atoms with Crippen LogP contribution >= 0.6 is 0 Å². The normalized spacial score (nSPS) is 17.7. The van der Waals surface area contributed by atoms with E-state index in [1.54, 1.807) is 0 Å². The highest BCUT2D eigenvalue weighted by Crippen LogP contribution is 2.32. The monoisotopic (exact) mass is 261 g/mol. The number of hydrogen-bond acceptors (Lipinski definition) is 2. The first-order valence-corrected chi connectivity index (χ1v) is 7.11. The van der Waals surface area contributed by atoms with Crippen molar-refractivity contribution in [1.29, 1.82) is 0 Å². The van der Waals surface area contributed by atoms with Crippen LogP contribution in [0.3, 0.4) is 0 Å². The molecule has 1 aliphatic rings. The molecule has 1 amide bonds. The van der Waals surface area contributed by atoms with Crippen molar-refractivity contribution in [2.75, 3.05) is 5.32 Å². The molecule has 0 spiro atoms. The third kappa shape index (κ3) is 3.80. The molecule has 3 heteroatoms. The number of anilines is 1. The highest BCUT2D eigenvalue weighted by molar-refractivity contribution is 5.91. The van der Waals surface area contributed by atoms with Crippen molar-refractivity contribution < 1.29 is 9.90 Å². The largest absolute Gasteiger partial charge is 0.389 e. The summed E-state index contributed by atoms with van der Waals surface area (Å²) < 4.78 is 0. The molecule has 1 saturated carbocycles. The molecule has 0 atom stereocenters. The number of hydrogen-bond donors (Lipinski definition) is 2. The number of rotatable bonds is 4. The van der Waals surface area contributed by atoms with Crippen LogP contribution < -0.4 is 5.32 Å². The molecule has 1 aromatic carbocycles. The summed E-state index contributed by atoms with van der Waals surface area (Å²) in [4.78, 5) is 12.0. The Labute approximate surface area is 115 Å². The van der Waals surface area contributed by atoms with Crippen molar-refractivity contribution in [3.8, 4) is 0 Å². The van der Waals surface area contributed by atoms with Crippen LogP contribution in [-0.2, 0) is 4.79 Å². The van der Waals surface area contributed by atoms with Crippen molar-refractivity contribution in [2.24, 2.45) is 0 Å². The van der Waals surface area contributed by atoms with Gasteiger partial charge in [-0.1, -0.05) is 38.8 Å². The summed E-state index contributed by atoms with van der Waals surface area (Å²) >= 11 is 0. The van der Waals surface area contributed by atoms with Gasteiger partial charge in [0.15, 0.2) is 0 Å². The molecule has 2 N–H and O–H groups in total. The zero-order chi connectivity index (χ0) is 13.9. The van der Waals surface area contributed by atoms with Crippen LogP contribution in [0.1, 0.15) is 57.4 Å². The minimum atomic E-state index is -0.778. The smallest absolute Gasteiger partial charge is 0.227 e. The molecule has 0 unspecified atom stereocenters. The molecule has 0 saturated heterocycles. The highest BCUT2D eigenvalue weighted by atomic mass is 16.3. The van der Waals surface area contributed by atoms with Gasteiger partial charge >= 0.3 is 0 Å². The van der Waals surface area contributed by atoms with Gasteiger partial charge in [0.25, 0.3) is 0 Å². The zero-order valence-corrected chi connectivity index (χ0v) is 11.8. The second kappa shape index (κ2) is 5.74. The summed E-state index contributed by atoms with van der Waals surface area (Å²) in [5.41, 5.74) is 1.25. The van der Waals surface area contributed by atoms with Crippen molar-refractivity contribution in [1.82, 2.24) is 0 Å². The Balaban J connectivity index is 1.97. The van der Waals surface area contributed by atoms with E-state index in [4.69, 9.17) is 0 Å². The number of amides is 1. The molecule has 1 aromatic rings. The summed E-state index contributed by atoms with van der Waals surface area (Å²) in [5, 5.41) is 13.1. The van der Waals surface area contributed by atoms with Crippen molar-refractivity contribution >= 4 is 11.6 Å². The maximum absolute atomic E-state index is 12.0. The van der Waals surface area contributed by atoms with Crippen molar-refractivity contribution in [2.45, 2.75) is 57.5 Å². The first-order valence-electron chi connectivity index (χ1n) is 7.11. The minimum absolute atomic E-state index is 0.0923. The van der Waals surface area contributed by atoms with Gasteiger partial charge < -0.3 is 10.4 Å². The molecule has 0 heterocycles. The van der Waals surface area contributed by atoms with Crippen LogP contribution in [0.4, 0.5) is 5.69 Å². The average Bonchev–Trinajstić information content (AvgIpc) is 2.75. The van der Waals surface area contributed by atoms with Crippen molar-refractivity contribution in [3.63, 3.8) is 0 Å². The van der Waals surface area contributed by atoms with E-state index in [0.717, 1.165) is 31.4 Å². The Morgan fingerprint density at radius 2 is 2.05 bits per heavy atom. The number of nitrogens with one attached hydrogen (secondary N) is 1. The predicted octanol–water partition coefficient (Wildman–Crippen LogP) is 3.44. The Morgan fingerprint density at radius 3 is 2.68 bits per heavy atom. The number of carbonyl (C=O) groups is 1. The SMILES string of the molecule is CC(C)c1cccc(NC(=O)CC2(O)CCCC2)c1. The van der Waals surface area contributed by atoms with Crippen LogP contribution in [0.25, 0.3) is 0 Å². The zero-order valence-electron chi connectivity index (χ0n) is 11.8. The molecule has 0 aliphatic heterocycles. The molecule has 0 radical (unpaired) electrons. The summed E-state index contributed by atoms with van der Waals surface area (Å²) in [6.07, 6.45) is 3.73. The molecule has 3 nitrogen and oxygen atoms in total. The first-order chi connectivity index (χ1) is 8.98. The number of aliphatic hydroxyl groups is 1. The van der Waals surface area contributed by atoms with Crippen LogP contribution in [0, 0.1) is 0 Å². The Morgan fingerprint density at radius 1 is 1.37 bits per heavy atom. The third-order valence-corrected chi connectivity index (χ3v) is 3.86. The van der Waals surface area contributed by atoms with Crippen LogP contribution in [0.5, 0.6) is 0 Å². The summed E-state index contributed by atoms with van der Waals surface area (Å²) in [7, 11) is 0. The molecular weight excluding hydrogens is 238 g/mol. The second-order valence-electron chi connectivity index (χ2n) is 5.94. The van der Waals surface area contributed by atoms with Crippen LogP contribution in [-0.4, -0.2) is 16.6 Å². The van der Waals surface area contributed by atoms with Gasteiger partial charge in [-0.25, -0.2) is 0 Å². The average molecular weight is 261 g/mol. The fraction of sp³-hybridized carbons (Fsp3) is 0.562. The molecule has 1 fully saturated rings. The van der Waals surface area contributed by atoms with E-state index in [9.17, 15) is 9.90 Å². The van der Waals surface area contributed by atoms with E-state index in [1.807, 2.05) is 18.2 Å². The predicted molar refractivity (Wildman–Crippen MR) is 77.2 cm³/mol. The van der Waals surface area contributed by atoms with Crippen LogP contribution in [0.2, 0.25) is 0 Å². The topological polar surface area (TPSA) is 49.3 Å². The maximum Gasteiger partial charge on any atom is 0.227 e. The van der Waals surface area contributed by atoms with Crippen LogP contribution in [0.15, 0.2) is 24.3 Å². The van der Waals surface area contributed by atoms with E-state index in [0.29, 0.717) is 5.92 Å². The third-order valence-electron chi connectivity index (χ3n) is 3.86. The highest BCUT2D eigenvalue weighted by Gasteiger charge is 2.33. The Bertz CT molecular complexity index is 448. The molecule has 2 rings (SSSR count). The van der Waals surface area contributed by atoms with Gasteiger partial charge in [0.1, 0.15) is 0 Å². The van der Waals surface area contributed by atoms with Gasteiger partial charge in [-0.2, -0.15) is 0 Å². The molecule has 0 aromatic heterocycles. The maximum atomic E-state index is 12.0. The van der Waals surface area contributed by atoms with E-state index < -0.39 is 5.60 Å². The lowest BCUT2D eigenvalue weighted by Gasteiger charge is -2.21. The molecular formula is C16H23NO2. The number of carbonyl (C=O) groups excluding carboxylic acids is 1. The summed E-state index contributed by atoms with van der Waals surface area (Å²) in [6.45, 7) is 4.25. The quantitative estimate of drug-likeness (QED) is 0.872. The summed E-state index contributed by atoms with van der Waals surface area (Å²) in [6, 6.07) is 7.91. The molecule has 104 valence electrons. The van der Waals surface area contributed by atoms with E-state index in [-0.39, 0.29) is 12.3 Å². The van der Waals surface area contributed by atoms with Gasteiger partial charge in [0, 0.05) is 5.69 Å². The van der Waals surface area contributed by atoms with Gasteiger partial charge in [0.2, 0.25) is 5.91 Å². The van der Waals surface area contributed by atoms with E-state index in [1.165, 1.54) is 5.56 Å². The van der Waals surface area contributed by atoms with Gasteiger partial charge in [0.05, 0.1) is 12.0 Å². The first kappa shape index (κ1) is 14.1. The fourth-order valence-electron chi connectivity index (χ4n) is 2.69. The molecule has 19 heavy (non-hydrogen) atoms. The fourth-order valence-corrected chi connectivity index (χ4v) is 2.69. The van der Waals surface area contributed by atoms with Crippen molar-refractivity contribution in [3.05, 3.63) is 29.8 Å². The standard InChI is InChI=1S/C16H23NO2/c1-12(2)13-6-5-7-14(10-13)17-15(18)11-16(19)8-3-4-9-16/h5-7,10,12,19H,3-4,8-9,11H2,1-2H3,(H,17,18). The van der Waals surface area contributed by atoms with E-state index in [2.05, 4.69) is 25.2 Å². The Kier molecular flexibility index (Phi) is 4.25. The second-order valence-corrected chi connectivity index (χ2v) is 5.94. The van der Waals surface area contributed by atoms with Gasteiger partial charge in [-0.3, -0.25) is 4.79 Å². The lowest BCUT2D eigenvalue weighted by Crippen LogP contribution is -2.30. The van der Waals surface area contributed by atoms with E-state index >= 15 is 0 Å². The van der Waals surface area contributed by atoms with Gasteiger partial charge in [-0.05, 0) is 36.5 Å². The minimum Gasteiger partial charge on any atom is -0.389 e. The molecule has 0 bridgehead atoms. The lowest BCUT2D eigenvalue weighted by atomic mass is 9.97. The summed E-state index contributed by atoms with van der Waals surface area (Å²) in [5.74, 6) is 0.348.